The fourth-order valence-electron chi connectivity index (χ4n) is 1.26. The van der Waals surface area contributed by atoms with Crippen LogP contribution in [0.2, 0.25) is 0 Å². The minimum atomic E-state index is -0.829. The first-order chi connectivity index (χ1) is 6.81. The molecule has 1 aromatic rings. The van der Waals surface area contributed by atoms with Gasteiger partial charge in [-0.2, -0.15) is 0 Å². The molecule has 1 heterocycles. The van der Waals surface area contributed by atoms with Gasteiger partial charge in [0.05, 0.1) is 12.1 Å². The maximum atomic E-state index is 10.6. The van der Waals surface area contributed by atoms with E-state index in [-0.39, 0.29) is 5.82 Å². The van der Waals surface area contributed by atoms with Crippen molar-refractivity contribution in [2.75, 3.05) is 0 Å². The van der Waals surface area contributed by atoms with E-state index in [0.717, 1.165) is 0 Å². The lowest BCUT2D eigenvalue weighted by atomic mass is 10.1. The number of rotatable bonds is 4. The van der Waals surface area contributed by atoms with Crippen LogP contribution in [0.5, 0.6) is 0 Å². The standard InChI is InChI=1S/C9H15N3O3/c1-7-10-6-8(12(14)15)11(7)5-4-9(2,3)13/h6,13H,4-5H2,1-3H3. The Morgan fingerprint density at radius 2 is 2.27 bits per heavy atom. The first kappa shape index (κ1) is 11.6. The van der Waals surface area contributed by atoms with Gasteiger partial charge in [0, 0.05) is 13.3 Å². The van der Waals surface area contributed by atoms with Crippen molar-refractivity contribution in [3.63, 3.8) is 0 Å². The highest BCUT2D eigenvalue weighted by molar-refractivity contribution is 5.18. The van der Waals surface area contributed by atoms with E-state index in [1.54, 1.807) is 20.8 Å². The van der Waals surface area contributed by atoms with Gasteiger partial charge in [-0.25, -0.2) is 9.55 Å². The van der Waals surface area contributed by atoms with E-state index in [1.165, 1.54) is 10.8 Å². The summed E-state index contributed by atoms with van der Waals surface area (Å²) in [5.74, 6) is 0.558. The van der Waals surface area contributed by atoms with Crippen molar-refractivity contribution in [2.24, 2.45) is 0 Å². The zero-order chi connectivity index (χ0) is 11.6. The van der Waals surface area contributed by atoms with E-state index in [1.807, 2.05) is 0 Å². The normalized spacial score (nSPS) is 11.7. The minimum absolute atomic E-state index is 0.0308. The topological polar surface area (TPSA) is 81.2 Å². The molecule has 0 fully saturated rings. The number of hydrogen-bond acceptors (Lipinski definition) is 4. The molecule has 0 saturated heterocycles. The Bertz CT molecular complexity index is 365. The Balaban J connectivity index is 2.84. The number of aryl methyl sites for hydroxylation is 1. The molecular weight excluding hydrogens is 198 g/mol. The van der Waals surface area contributed by atoms with Crippen LogP contribution in [0, 0.1) is 17.0 Å². The third kappa shape index (κ3) is 3.02. The first-order valence-electron chi connectivity index (χ1n) is 4.70. The summed E-state index contributed by atoms with van der Waals surface area (Å²) in [7, 11) is 0. The molecular formula is C9H15N3O3. The summed E-state index contributed by atoms with van der Waals surface area (Å²) in [5.41, 5.74) is -0.829. The molecule has 0 aliphatic heterocycles. The van der Waals surface area contributed by atoms with Crippen LogP contribution >= 0.6 is 0 Å². The molecule has 0 aliphatic rings. The number of aromatic nitrogens is 2. The van der Waals surface area contributed by atoms with E-state index >= 15 is 0 Å². The Morgan fingerprint density at radius 3 is 2.73 bits per heavy atom. The van der Waals surface area contributed by atoms with Crippen LogP contribution in [0.1, 0.15) is 26.1 Å². The zero-order valence-corrected chi connectivity index (χ0v) is 9.10. The largest absolute Gasteiger partial charge is 0.390 e. The monoisotopic (exact) mass is 213 g/mol. The molecule has 1 N–H and O–H groups in total. The van der Waals surface area contributed by atoms with Crippen LogP contribution in [0.25, 0.3) is 0 Å². The number of nitrogens with zero attached hydrogens (tertiary/aromatic N) is 3. The van der Waals surface area contributed by atoms with Crippen molar-refractivity contribution in [3.8, 4) is 0 Å². The van der Waals surface area contributed by atoms with Crippen molar-refractivity contribution in [3.05, 3.63) is 22.1 Å². The Labute approximate surface area is 87.7 Å². The molecule has 0 atom stereocenters. The average molecular weight is 213 g/mol. The maximum Gasteiger partial charge on any atom is 0.342 e. The summed E-state index contributed by atoms with van der Waals surface area (Å²) >= 11 is 0. The molecule has 0 spiro atoms. The van der Waals surface area contributed by atoms with Crippen LogP contribution < -0.4 is 0 Å². The fraction of sp³-hybridized carbons (Fsp3) is 0.667. The van der Waals surface area contributed by atoms with E-state index in [4.69, 9.17) is 0 Å². The van der Waals surface area contributed by atoms with Gasteiger partial charge in [0.25, 0.3) is 0 Å². The maximum absolute atomic E-state index is 10.6. The predicted molar refractivity (Wildman–Crippen MR) is 54.5 cm³/mol. The molecule has 6 heteroatoms. The third-order valence-corrected chi connectivity index (χ3v) is 2.17. The van der Waals surface area contributed by atoms with Crippen LogP contribution in [0.15, 0.2) is 6.20 Å². The number of imidazole rings is 1. The lowest BCUT2D eigenvalue weighted by Gasteiger charge is -2.15. The molecule has 0 saturated carbocycles. The van der Waals surface area contributed by atoms with E-state index in [0.29, 0.717) is 18.8 Å². The number of hydrogen-bond donors (Lipinski definition) is 1. The van der Waals surface area contributed by atoms with Crippen LogP contribution in [-0.4, -0.2) is 25.2 Å². The summed E-state index contributed by atoms with van der Waals surface area (Å²) in [5, 5.41) is 20.2. The molecule has 84 valence electrons. The third-order valence-electron chi connectivity index (χ3n) is 2.17. The average Bonchev–Trinajstić information content (AvgIpc) is 2.42. The smallest absolute Gasteiger partial charge is 0.342 e. The van der Waals surface area contributed by atoms with Gasteiger partial charge in [0.1, 0.15) is 6.20 Å². The molecule has 6 nitrogen and oxygen atoms in total. The molecule has 0 bridgehead atoms. The summed E-state index contributed by atoms with van der Waals surface area (Å²) in [4.78, 5) is 14.1. The molecule has 1 aromatic heterocycles. The lowest BCUT2D eigenvalue weighted by molar-refractivity contribution is -0.392. The van der Waals surface area contributed by atoms with Gasteiger partial charge in [-0.3, -0.25) is 0 Å². The molecule has 15 heavy (non-hydrogen) atoms. The number of nitro groups is 1. The lowest BCUT2D eigenvalue weighted by Crippen LogP contribution is -2.21. The highest BCUT2D eigenvalue weighted by Gasteiger charge is 2.20. The second-order valence-corrected chi connectivity index (χ2v) is 4.13. The van der Waals surface area contributed by atoms with Gasteiger partial charge >= 0.3 is 5.82 Å². The summed E-state index contributed by atoms with van der Waals surface area (Å²) < 4.78 is 1.50. The van der Waals surface area contributed by atoms with Gasteiger partial charge in [0.2, 0.25) is 0 Å². The Hall–Kier alpha value is -1.43. The van der Waals surface area contributed by atoms with Crippen LogP contribution in [0.3, 0.4) is 0 Å². The Morgan fingerprint density at radius 1 is 1.67 bits per heavy atom. The molecule has 0 aliphatic carbocycles. The van der Waals surface area contributed by atoms with Gasteiger partial charge in [0.15, 0.2) is 5.82 Å². The highest BCUT2D eigenvalue weighted by atomic mass is 16.6. The molecule has 0 unspecified atom stereocenters. The van der Waals surface area contributed by atoms with Crippen LogP contribution in [0.4, 0.5) is 5.82 Å². The first-order valence-corrected chi connectivity index (χ1v) is 4.70. The number of aliphatic hydroxyl groups is 1. The quantitative estimate of drug-likeness (QED) is 0.603. The second-order valence-electron chi connectivity index (χ2n) is 4.13. The summed E-state index contributed by atoms with van der Waals surface area (Å²) in [6, 6.07) is 0. The SMILES string of the molecule is Cc1ncc([N+](=O)[O-])n1CCC(C)(C)O. The van der Waals surface area contributed by atoms with Crippen molar-refractivity contribution >= 4 is 5.82 Å². The molecule has 0 radical (unpaired) electrons. The fourth-order valence-corrected chi connectivity index (χ4v) is 1.26. The van der Waals surface area contributed by atoms with Crippen LogP contribution in [-0.2, 0) is 6.54 Å². The molecule has 0 amide bonds. The Kier molecular flexibility index (Phi) is 3.09. The van der Waals surface area contributed by atoms with E-state index < -0.39 is 10.5 Å². The second kappa shape index (κ2) is 3.98. The van der Waals surface area contributed by atoms with E-state index in [9.17, 15) is 15.2 Å². The van der Waals surface area contributed by atoms with E-state index in [2.05, 4.69) is 4.98 Å². The zero-order valence-electron chi connectivity index (χ0n) is 9.10. The van der Waals surface area contributed by atoms with Gasteiger partial charge in [-0.1, -0.05) is 0 Å². The molecule has 1 rings (SSSR count). The van der Waals surface area contributed by atoms with Crippen molar-refractivity contribution in [1.29, 1.82) is 0 Å². The highest BCUT2D eigenvalue weighted by Crippen LogP contribution is 2.17. The molecule has 0 aromatic carbocycles. The summed E-state index contributed by atoms with van der Waals surface area (Å²) in [6.07, 6.45) is 1.69. The summed E-state index contributed by atoms with van der Waals surface area (Å²) in [6.45, 7) is 5.44. The van der Waals surface area contributed by atoms with Crippen molar-refractivity contribution in [1.82, 2.24) is 9.55 Å². The predicted octanol–water partition coefficient (Wildman–Crippen LogP) is 1.26. The van der Waals surface area contributed by atoms with Gasteiger partial charge in [-0.15, -0.1) is 0 Å². The minimum Gasteiger partial charge on any atom is -0.390 e. The van der Waals surface area contributed by atoms with Gasteiger partial charge < -0.3 is 15.2 Å². The van der Waals surface area contributed by atoms with Crippen molar-refractivity contribution in [2.45, 2.75) is 39.3 Å². The van der Waals surface area contributed by atoms with Crippen molar-refractivity contribution < 1.29 is 10.0 Å². The van der Waals surface area contributed by atoms with Gasteiger partial charge in [-0.05, 0) is 18.8 Å².